The third kappa shape index (κ3) is 4.28. The molecular weight excluding hydrogens is 356 g/mol. The summed E-state index contributed by atoms with van der Waals surface area (Å²) in [5.74, 6) is 2.74. The maximum absolute atomic E-state index is 5.52. The van der Waals surface area contributed by atoms with Crippen LogP contribution in [-0.4, -0.2) is 16.6 Å². The van der Waals surface area contributed by atoms with Gasteiger partial charge in [0, 0.05) is 13.1 Å². The van der Waals surface area contributed by atoms with Gasteiger partial charge in [-0.1, -0.05) is 24.3 Å². The van der Waals surface area contributed by atoms with Crippen LogP contribution in [0.1, 0.15) is 22.6 Å². The Morgan fingerprint density at radius 2 is 2.00 bits per heavy atom. The average molecular weight is 379 g/mol. The van der Waals surface area contributed by atoms with Gasteiger partial charge in [-0.25, -0.2) is 4.98 Å². The minimum atomic E-state index is 0.547. The van der Waals surface area contributed by atoms with Crippen LogP contribution in [0.25, 0.3) is 0 Å². The average Bonchev–Trinajstić information content (AvgIpc) is 3.12. The van der Waals surface area contributed by atoms with Crippen LogP contribution >= 0.6 is 12.2 Å². The van der Waals surface area contributed by atoms with Crippen LogP contribution in [0.15, 0.2) is 59.1 Å². The van der Waals surface area contributed by atoms with Crippen molar-refractivity contribution < 1.29 is 4.42 Å². The lowest BCUT2D eigenvalue weighted by molar-refractivity contribution is 0.478. The summed E-state index contributed by atoms with van der Waals surface area (Å²) >= 11 is 5.34. The van der Waals surface area contributed by atoms with Crippen molar-refractivity contribution in [3.63, 3.8) is 0 Å². The zero-order valence-corrected chi connectivity index (χ0v) is 16.1. The smallest absolute Gasteiger partial charge is 0.171 e. The molecule has 0 saturated carbocycles. The molecule has 0 atom stereocenters. The van der Waals surface area contributed by atoms with Gasteiger partial charge in [0.15, 0.2) is 5.11 Å². The highest BCUT2D eigenvalue weighted by molar-refractivity contribution is 7.80. The molecule has 0 saturated heterocycles. The number of fused-ring (bicyclic) bond motifs is 1. The van der Waals surface area contributed by atoms with Gasteiger partial charge in [-0.3, -0.25) is 0 Å². The first kappa shape index (κ1) is 17.5. The van der Waals surface area contributed by atoms with Crippen LogP contribution in [0.2, 0.25) is 0 Å². The van der Waals surface area contributed by atoms with E-state index in [1.54, 1.807) is 0 Å². The Hall–Kier alpha value is -2.86. The van der Waals surface area contributed by atoms with Crippen LogP contribution in [-0.2, 0) is 19.5 Å². The number of pyridine rings is 1. The van der Waals surface area contributed by atoms with Gasteiger partial charge in [-0.2, -0.15) is 0 Å². The van der Waals surface area contributed by atoms with Crippen molar-refractivity contribution >= 4 is 28.8 Å². The standard InChI is InChI=1S/C21H22N4OS/c1-15-6-8-19(26-15)13-23-21(27)24-18-7-9-20(22-12-18)25-11-10-16-4-2-3-5-17(16)14-25/h2-9,12H,10-11,13-14H2,1H3,(H2,23,24,27). The molecule has 3 heterocycles. The van der Waals surface area contributed by atoms with Crippen molar-refractivity contribution in [3.8, 4) is 0 Å². The van der Waals surface area contributed by atoms with E-state index in [9.17, 15) is 0 Å². The number of furan rings is 1. The lowest BCUT2D eigenvalue weighted by Gasteiger charge is -2.29. The molecule has 6 heteroatoms. The van der Waals surface area contributed by atoms with Crippen LogP contribution < -0.4 is 15.5 Å². The van der Waals surface area contributed by atoms with Gasteiger partial charge in [-0.15, -0.1) is 0 Å². The number of aryl methyl sites for hydroxylation is 1. The molecule has 1 aliphatic heterocycles. The summed E-state index contributed by atoms with van der Waals surface area (Å²) in [4.78, 5) is 6.91. The van der Waals surface area contributed by atoms with Crippen molar-refractivity contribution in [2.24, 2.45) is 0 Å². The van der Waals surface area contributed by atoms with E-state index in [0.29, 0.717) is 11.7 Å². The molecule has 0 radical (unpaired) electrons. The maximum atomic E-state index is 5.52. The second-order valence-electron chi connectivity index (χ2n) is 6.67. The topological polar surface area (TPSA) is 53.3 Å². The SMILES string of the molecule is Cc1ccc(CNC(=S)Nc2ccc(N3CCc4ccccc4C3)nc2)o1. The highest BCUT2D eigenvalue weighted by Crippen LogP contribution is 2.23. The van der Waals surface area contributed by atoms with E-state index in [4.69, 9.17) is 16.6 Å². The molecule has 0 bridgehead atoms. The number of nitrogens with one attached hydrogen (secondary N) is 2. The normalized spacial score (nSPS) is 13.1. The summed E-state index contributed by atoms with van der Waals surface area (Å²) in [5.41, 5.74) is 3.69. The van der Waals surface area contributed by atoms with Crippen molar-refractivity contribution in [1.82, 2.24) is 10.3 Å². The molecule has 138 valence electrons. The van der Waals surface area contributed by atoms with E-state index in [-0.39, 0.29) is 0 Å². The van der Waals surface area contributed by atoms with E-state index < -0.39 is 0 Å². The Morgan fingerprint density at radius 1 is 1.15 bits per heavy atom. The highest BCUT2D eigenvalue weighted by Gasteiger charge is 2.16. The molecule has 2 N–H and O–H groups in total. The van der Waals surface area contributed by atoms with Gasteiger partial charge in [-0.05, 0) is 61.0 Å². The molecule has 1 aliphatic rings. The molecule has 0 fully saturated rings. The first-order valence-corrected chi connectivity index (χ1v) is 9.46. The molecule has 0 unspecified atom stereocenters. The van der Waals surface area contributed by atoms with Crippen molar-refractivity contribution in [2.45, 2.75) is 26.4 Å². The number of rotatable bonds is 4. The third-order valence-corrected chi connectivity index (χ3v) is 4.93. The number of thiocarbonyl (C=S) groups is 1. The lowest BCUT2D eigenvalue weighted by atomic mass is 10.00. The van der Waals surface area contributed by atoms with E-state index in [2.05, 4.69) is 44.8 Å². The predicted octanol–water partition coefficient (Wildman–Crippen LogP) is 4.03. The van der Waals surface area contributed by atoms with Crippen LogP contribution in [0, 0.1) is 6.92 Å². The van der Waals surface area contributed by atoms with E-state index in [0.717, 1.165) is 42.5 Å². The van der Waals surface area contributed by atoms with Crippen molar-refractivity contribution in [2.75, 3.05) is 16.8 Å². The minimum Gasteiger partial charge on any atom is -0.465 e. The number of hydrogen-bond acceptors (Lipinski definition) is 4. The summed E-state index contributed by atoms with van der Waals surface area (Å²) in [7, 11) is 0. The summed E-state index contributed by atoms with van der Waals surface area (Å²) in [6.45, 7) is 4.37. The van der Waals surface area contributed by atoms with Gasteiger partial charge < -0.3 is 20.0 Å². The summed E-state index contributed by atoms with van der Waals surface area (Å²) in [5, 5.41) is 6.85. The first-order chi connectivity index (χ1) is 13.2. The maximum Gasteiger partial charge on any atom is 0.171 e. The highest BCUT2D eigenvalue weighted by atomic mass is 32.1. The van der Waals surface area contributed by atoms with Crippen LogP contribution in [0.3, 0.4) is 0 Å². The molecule has 27 heavy (non-hydrogen) atoms. The lowest BCUT2D eigenvalue weighted by Crippen LogP contribution is -2.31. The Labute approximate surface area is 164 Å². The molecule has 0 spiro atoms. The molecule has 0 aliphatic carbocycles. The number of aromatic nitrogens is 1. The Bertz CT molecular complexity index is 935. The number of anilines is 2. The van der Waals surface area contributed by atoms with E-state index >= 15 is 0 Å². The second-order valence-corrected chi connectivity index (χ2v) is 7.07. The molecular formula is C21H22N4OS. The van der Waals surface area contributed by atoms with Gasteiger partial charge in [0.1, 0.15) is 17.3 Å². The van der Waals surface area contributed by atoms with Gasteiger partial charge in [0.05, 0.1) is 18.4 Å². The van der Waals surface area contributed by atoms with Gasteiger partial charge in [0.2, 0.25) is 0 Å². The predicted molar refractivity (Wildman–Crippen MR) is 112 cm³/mol. The van der Waals surface area contributed by atoms with Crippen molar-refractivity contribution in [3.05, 3.63) is 77.4 Å². The van der Waals surface area contributed by atoms with Crippen LogP contribution in [0.5, 0.6) is 0 Å². The van der Waals surface area contributed by atoms with E-state index in [1.165, 1.54) is 11.1 Å². The Kier molecular flexibility index (Phi) is 5.07. The fraction of sp³-hybridized carbons (Fsp3) is 0.238. The summed E-state index contributed by atoms with van der Waals surface area (Å²) in [6, 6.07) is 16.5. The van der Waals surface area contributed by atoms with Gasteiger partial charge >= 0.3 is 0 Å². The fourth-order valence-corrected chi connectivity index (χ4v) is 3.45. The number of benzene rings is 1. The Balaban J connectivity index is 1.33. The molecule has 0 amide bonds. The number of hydrogen-bond donors (Lipinski definition) is 2. The monoisotopic (exact) mass is 378 g/mol. The third-order valence-electron chi connectivity index (χ3n) is 4.68. The van der Waals surface area contributed by atoms with Crippen LogP contribution in [0.4, 0.5) is 11.5 Å². The quantitative estimate of drug-likeness (QED) is 0.669. The molecule has 3 aromatic rings. The zero-order valence-electron chi connectivity index (χ0n) is 15.2. The largest absolute Gasteiger partial charge is 0.465 e. The Morgan fingerprint density at radius 3 is 2.74 bits per heavy atom. The molecule has 5 nitrogen and oxygen atoms in total. The van der Waals surface area contributed by atoms with Crippen molar-refractivity contribution in [1.29, 1.82) is 0 Å². The summed E-state index contributed by atoms with van der Waals surface area (Å²) < 4.78 is 5.52. The van der Waals surface area contributed by atoms with Gasteiger partial charge in [0.25, 0.3) is 0 Å². The van der Waals surface area contributed by atoms with E-state index in [1.807, 2.05) is 37.4 Å². The summed E-state index contributed by atoms with van der Waals surface area (Å²) in [6.07, 6.45) is 2.87. The molecule has 1 aromatic carbocycles. The second kappa shape index (κ2) is 7.80. The number of nitrogens with zero attached hydrogens (tertiary/aromatic N) is 2. The molecule has 2 aromatic heterocycles. The first-order valence-electron chi connectivity index (χ1n) is 9.05. The molecule has 4 rings (SSSR count). The fourth-order valence-electron chi connectivity index (χ4n) is 3.26. The zero-order chi connectivity index (χ0) is 18.6. The minimum absolute atomic E-state index is 0.547.